The maximum Gasteiger partial charge on any atom is 0.261 e. The van der Waals surface area contributed by atoms with Crippen molar-refractivity contribution < 1.29 is 14.3 Å². The van der Waals surface area contributed by atoms with Gasteiger partial charge in [0.1, 0.15) is 0 Å². The van der Waals surface area contributed by atoms with Crippen LogP contribution in [0.2, 0.25) is 0 Å². The number of carbonyl (C=O) groups is 2. The Morgan fingerprint density at radius 2 is 2.21 bits per heavy atom. The Kier molecular flexibility index (Phi) is 3.86. The first kappa shape index (κ1) is 15.4. The Hall–Kier alpha value is -2.18. The second-order valence-electron chi connectivity index (χ2n) is 6.20. The van der Waals surface area contributed by atoms with Gasteiger partial charge in [0.2, 0.25) is 5.91 Å². The molecule has 6 heteroatoms. The summed E-state index contributed by atoms with van der Waals surface area (Å²) in [6.07, 6.45) is 1.29. The van der Waals surface area contributed by atoms with Crippen molar-refractivity contribution in [3.63, 3.8) is 0 Å². The first-order valence-corrected chi connectivity index (χ1v) is 8.84. The molecule has 1 atom stereocenters. The molecule has 124 valence electrons. The topological polar surface area (TPSA) is 67.4 Å². The predicted octanol–water partition coefficient (Wildman–Crippen LogP) is 2.81. The molecule has 0 saturated carbocycles. The highest BCUT2D eigenvalue weighted by atomic mass is 32.1. The van der Waals surface area contributed by atoms with E-state index in [0.29, 0.717) is 13.0 Å². The second-order valence-corrected chi connectivity index (χ2v) is 7.34. The minimum atomic E-state index is -0.117. The van der Waals surface area contributed by atoms with E-state index in [1.54, 1.807) is 11.3 Å². The van der Waals surface area contributed by atoms with E-state index in [2.05, 4.69) is 10.6 Å². The zero-order valence-electron chi connectivity index (χ0n) is 13.3. The van der Waals surface area contributed by atoms with Crippen molar-refractivity contribution in [2.45, 2.75) is 32.4 Å². The van der Waals surface area contributed by atoms with Gasteiger partial charge in [0.25, 0.3) is 5.91 Å². The van der Waals surface area contributed by atoms with Gasteiger partial charge in [0.15, 0.2) is 0 Å². The van der Waals surface area contributed by atoms with E-state index in [-0.39, 0.29) is 17.9 Å². The monoisotopic (exact) mass is 342 g/mol. The molecule has 0 saturated heterocycles. The first-order chi connectivity index (χ1) is 11.6. The molecule has 0 bridgehead atoms. The van der Waals surface area contributed by atoms with Gasteiger partial charge in [-0.3, -0.25) is 9.59 Å². The van der Waals surface area contributed by atoms with Crippen molar-refractivity contribution in [3.8, 4) is 0 Å². The number of hydrogen-bond donors (Lipinski definition) is 2. The zero-order chi connectivity index (χ0) is 16.7. The summed E-state index contributed by atoms with van der Waals surface area (Å²) in [7, 11) is 0. The lowest BCUT2D eigenvalue weighted by Crippen LogP contribution is -2.25. The van der Waals surface area contributed by atoms with Crippen LogP contribution in [-0.2, 0) is 29.0 Å². The van der Waals surface area contributed by atoms with Gasteiger partial charge in [-0.1, -0.05) is 12.1 Å². The van der Waals surface area contributed by atoms with E-state index in [0.717, 1.165) is 40.3 Å². The zero-order valence-corrected chi connectivity index (χ0v) is 14.2. The molecule has 5 nitrogen and oxygen atoms in total. The second kappa shape index (κ2) is 6.03. The molecular formula is C18H18N2O3S. The lowest BCUT2D eigenvalue weighted by molar-refractivity contribution is -0.115. The van der Waals surface area contributed by atoms with Crippen LogP contribution >= 0.6 is 11.3 Å². The molecule has 0 fully saturated rings. The predicted molar refractivity (Wildman–Crippen MR) is 92.3 cm³/mol. The molecule has 1 aromatic carbocycles. The fourth-order valence-electron chi connectivity index (χ4n) is 3.13. The normalized spacial score (nSPS) is 17.0. The summed E-state index contributed by atoms with van der Waals surface area (Å²) in [6, 6.07) is 7.66. The standard InChI is InChI=1S/C18H18N2O3S/c1-10(11-2-3-14-12(6-11)8-17(21)20-14)19-18(22)16-7-13-9-23-5-4-15(13)24-16/h2-3,6-7,10H,4-5,8-9H2,1H3,(H,19,22)(H,20,21). The molecule has 24 heavy (non-hydrogen) atoms. The van der Waals surface area contributed by atoms with Gasteiger partial charge in [0, 0.05) is 17.0 Å². The number of nitrogens with one attached hydrogen (secondary N) is 2. The Morgan fingerprint density at radius 1 is 1.33 bits per heavy atom. The molecule has 3 heterocycles. The maximum absolute atomic E-state index is 12.5. The van der Waals surface area contributed by atoms with Crippen molar-refractivity contribution in [2.24, 2.45) is 0 Å². The summed E-state index contributed by atoms with van der Waals surface area (Å²) in [5.74, 6) is -0.0400. The van der Waals surface area contributed by atoms with Crippen molar-refractivity contribution in [3.05, 3.63) is 50.7 Å². The fourth-order valence-corrected chi connectivity index (χ4v) is 4.18. The number of amides is 2. The van der Waals surface area contributed by atoms with Gasteiger partial charge >= 0.3 is 0 Å². The molecule has 1 unspecified atom stereocenters. The number of carbonyl (C=O) groups excluding carboxylic acids is 2. The van der Waals surface area contributed by atoms with E-state index < -0.39 is 0 Å². The number of fused-ring (bicyclic) bond motifs is 2. The molecule has 2 aromatic rings. The number of ether oxygens (including phenoxy) is 1. The van der Waals surface area contributed by atoms with Gasteiger partial charge in [-0.05, 0) is 35.7 Å². The molecule has 0 spiro atoms. The molecule has 2 aliphatic heterocycles. The third-order valence-electron chi connectivity index (χ3n) is 4.45. The van der Waals surface area contributed by atoms with Crippen LogP contribution in [0.1, 0.15) is 44.2 Å². The number of hydrogen-bond acceptors (Lipinski definition) is 4. The summed E-state index contributed by atoms with van der Waals surface area (Å²) < 4.78 is 5.43. The lowest BCUT2D eigenvalue weighted by Gasteiger charge is -2.14. The number of rotatable bonds is 3. The molecule has 4 rings (SSSR count). The average Bonchev–Trinajstić information content (AvgIpc) is 3.15. The molecule has 1 aromatic heterocycles. The summed E-state index contributed by atoms with van der Waals surface area (Å²) in [5, 5.41) is 5.87. The molecule has 2 amide bonds. The Labute approximate surface area is 144 Å². The molecule has 0 radical (unpaired) electrons. The van der Waals surface area contributed by atoms with E-state index >= 15 is 0 Å². The van der Waals surface area contributed by atoms with Crippen LogP contribution in [0.4, 0.5) is 5.69 Å². The van der Waals surface area contributed by atoms with Gasteiger partial charge in [-0.25, -0.2) is 0 Å². The Balaban J connectivity index is 1.48. The maximum atomic E-state index is 12.5. The molecule has 2 N–H and O–H groups in total. The largest absolute Gasteiger partial charge is 0.376 e. The lowest BCUT2D eigenvalue weighted by atomic mass is 10.0. The molecule has 0 aliphatic carbocycles. The SMILES string of the molecule is CC(NC(=O)c1cc2c(s1)CCOC2)c1ccc2c(c1)CC(=O)N2. The van der Waals surface area contributed by atoms with Crippen LogP contribution in [0.3, 0.4) is 0 Å². The van der Waals surface area contributed by atoms with E-state index in [1.807, 2.05) is 31.2 Å². The van der Waals surface area contributed by atoms with Crippen molar-refractivity contribution in [1.29, 1.82) is 0 Å². The summed E-state index contributed by atoms with van der Waals surface area (Å²) >= 11 is 1.55. The van der Waals surface area contributed by atoms with Gasteiger partial charge in [-0.2, -0.15) is 0 Å². The minimum absolute atomic E-state index is 0.0187. The van der Waals surface area contributed by atoms with Crippen LogP contribution in [0.5, 0.6) is 0 Å². The molecule has 2 aliphatic rings. The number of anilines is 1. The summed E-state index contributed by atoms with van der Waals surface area (Å²) in [5.41, 5.74) is 3.99. The van der Waals surface area contributed by atoms with Crippen LogP contribution in [0.15, 0.2) is 24.3 Å². The minimum Gasteiger partial charge on any atom is -0.376 e. The third-order valence-corrected chi connectivity index (χ3v) is 5.69. The first-order valence-electron chi connectivity index (χ1n) is 8.03. The highest BCUT2D eigenvalue weighted by Crippen LogP contribution is 2.29. The number of benzene rings is 1. The molecular weight excluding hydrogens is 324 g/mol. The third kappa shape index (κ3) is 2.83. The van der Waals surface area contributed by atoms with Crippen molar-refractivity contribution in [1.82, 2.24) is 5.32 Å². The number of thiophene rings is 1. The smallest absolute Gasteiger partial charge is 0.261 e. The van der Waals surface area contributed by atoms with E-state index in [9.17, 15) is 9.59 Å². The van der Waals surface area contributed by atoms with Crippen LogP contribution in [-0.4, -0.2) is 18.4 Å². The van der Waals surface area contributed by atoms with Gasteiger partial charge < -0.3 is 15.4 Å². The van der Waals surface area contributed by atoms with Crippen LogP contribution < -0.4 is 10.6 Å². The van der Waals surface area contributed by atoms with Crippen LogP contribution in [0, 0.1) is 0 Å². The summed E-state index contributed by atoms with van der Waals surface area (Å²) in [4.78, 5) is 26.0. The van der Waals surface area contributed by atoms with E-state index in [4.69, 9.17) is 4.74 Å². The fraction of sp³-hybridized carbons (Fsp3) is 0.333. The Bertz CT molecular complexity index is 804. The van der Waals surface area contributed by atoms with E-state index in [1.165, 1.54) is 4.88 Å². The highest BCUT2D eigenvalue weighted by Gasteiger charge is 2.21. The highest BCUT2D eigenvalue weighted by molar-refractivity contribution is 7.14. The quantitative estimate of drug-likeness (QED) is 0.901. The van der Waals surface area contributed by atoms with Gasteiger partial charge in [0.05, 0.1) is 30.6 Å². The van der Waals surface area contributed by atoms with Crippen molar-refractivity contribution >= 4 is 28.8 Å². The van der Waals surface area contributed by atoms with Crippen molar-refractivity contribution in [2.75, 3.05) is 11.9 Å². The summed E-state index contributed by atoms with van der Waals surface area (Å²) in [6.45, 7) is 3.29. The van der Waals surface area contributed by atoms with Crippen LogP contribution in [0.25, 0.3) is 0 Å². The average molecular weight is 342 g/mol. The Morgan fingerprint density at radius 3 is 3.04 bits per heavy atom. The van der Waals surface area contributed by atoms with Gasteiger partial charge in [-0.15, -0.1) is 11.3 Å².